The van der Waals surface area contributed by atoms with Crippen molar-refractivity contribution >= 4 is 0 Å². The number of hydrogen-bond donors (Lipinski definition) is 0. The van der Waals surface area contributed by atoms with Gasteiger partial charge in [0.2, 0.25) is 0 Å². The number of hydrogen-bond acceptors (Lipinski definition) is 1. The van der Waals surface area contributed by atoms with Crippen LogP contribution in [0.3, 0.4) is 0 Å². The second-order valence-corrected chi connectivity index (χ2v) is 4.70. The maximum atomic E-state index is 2.22. The van der Waals surface area contributed by atoms with E-state index in [0.29, 0.717) is 0 Å². The molecule has 2 aromatic rings. The Hall–Kier alpha value is -1.60. The van der Waals surface area contributed by atoms with Gasteiger partial charge in [-0.15, -0.1) is 0 Å². The Bertz CT molecular complexity index is 486. The van der Waals surface area contributed by atoms with Gasteiger partial charge in [-0.1, -0.05) is 48.5 Å². The van der Waals surface area contributed by atoms with E-state index in [-0.39, 0.29) is 0 Å². The van der Waals surface area contributed by atoms with Gasteiger partial charge in [0.25, 0.3) is 0 Å². The van der Waals surface area contributed by atoms with Crippen molar-refractivity contribution in [2.24, 2.45) is 0 Å². The molecule has 0 atom stereocenters. The van der Waals surface area contributed by atoms with Crippen LogP contribution in [0.2, 0.25) is 0 Å². The highest BCUT2D eigenvalue weighted by atomic mass is 15.0. The second kappa shape index (κ2) is 5.15. The summed E-state index contributed by atoms with van der Waals surface area (Å²) in [7, 11) is 4.22. The third-order valence-electron chi connectivity index (χ3n) is 2.97. The average molecular weight is 225 g/mol. The molecule has 0 aliphatic carbocycles. The van der Waals surface area contributed by atoms with Gasteiger partial charge in [-0.2, -0.15) is 0 Å². The third kappa shape index (κ3) is 2.75. The van der Waals surface area contributed by atoms with Crippen LogP contribution >= 0.6 is 0 Å². The van der Waals surface area contributed by atoms with Crippen LogP contribution in [-0.4, -0.2) is 19.0 Å². The predicted molar refractivity (Wildman–Crippen MR) is 74.0 cm³/mol. The fraction of sp³-hybridized carbons (Fsp3) is 0.250. The summed E-state index contributed by atoms with van der Waals surface area (Å²) in [4.78, 5) is 2.22. The van der Waals surface area contributed by atoms with Gasteiger partial charge in [0.05, 0.1) is 0 Å². The summed E-state index contributed by atoms with van der Waals surface area (Å²) >= 11 is 0. The van der Waals surface area contributed by atoms with Gasteiger partial charge in [0.15, 0.2) is 0 Å². The molecule has 2 aromatic carbocycles. The summed E-state index contributed by atoms with van der Waals surface area (Å²) < 4.78 is 0. The van der Waals surface area contributed by atoms with E-state index >= 15 is 0 Å². The molecule has 0 aliphatic heterocycles. The Morgan fingerprint density at radius 1 is 0.882 bits per heavy atom. The van der Waals surface area contributed by atoms with Crippen LogP contribution in [0.25, 0.3) is 11.1 Å². The van der Waals surface area contributed by atoms with Crippen LogP contribution in [-0.2, 0) is 6.54 Å². The standard InChI is InChI=1S/C16H19N/c1-13-8-7-11-15(16(13)12-17(2)3)14-9-5-4-6-10-14/h4-11H,12H2,1-3H3. The van der Waals surface area contributed by atoms with Crippen molar-refractivity contribution < 1.29 is 0 Å². The van der Waals surface area contributed by atoms with Gasteiger partial charge in [0.1, 0.15) is 0 Å². The normalized spacial score (nSPS) is 10.8. The third-order valence-corrected chi connectivity index (χ3v) is 2.97. The molecule has 17 heavy (non-hydrogen) atoms. The van der Waals surface area contributed by atoms with Crippen LogP contribution in [0.4, 0.5) is 0 Å². The van der Waals surface area contributed by atoms with Gasteiger partial charge in [-0.3, -0.25) is 0 Å². The lowest BCUT2D eigenvalue weighted by atomic mass is 9.96. The van der Waals surface area contributed by atoms with E-state index in [0.717, 1.165) is 6.54 Å². The Kier molecular flexibility index (Phi) is 3.60. The zero-order valence-electron chi connectivity index (χ0n) is 10.8. The minimum atomic E-state index is 0.983. The average Bonchev–Trinajstić information content (AvgIpc) is 2.32. The van der Waals surface area contributed by atoms with E-state index in [1.807, 2.05) is 0 Å². The first kappa shape index (κ1) is 11.9. The molecule has 0 fully saturated rings. The fourth-order valence-corrected chi connectivity index (χ4v) is 2.12. The van der Waals surface area contributed by atoms with E-state index in [4.69, 9.17) is 0 Å². The molecule has 1 nitrogen and oxygen atoms in total. The molecule has 2 rings (SSSR count). The SMILES string of the molecule is Cc1cccc(-c2ccccc2)c1CN(C)C. The van der Waals surface area contributed by atoms with E-state index < -0.39 is 0 Å². The van der Waals surface area contributed by atoms with Crippen LogP contribution in [0, 0.1) is 6.92 Å². The molecule has 0 radical (unpaired) electrons. The quantitative estimate of drug-likeness (QED) is 0.769. The lowest BCUT2D eigenvalue weighted by molar-refractivity contribution is 0.402. The van der Waals surface area contributed by atoms with Gasteiger partial charge in [-0.25, -0.2) is 0 Å². The first-order chi connectivity index (χ1) is 8.18. The molecule has 0 saturated heterocycles. The fourth-order valence-electron chi connectivity index (χ4n) is 2.12. The van der Waals surface area contributed by atoms with Crippen molar-refractivity contribution in [3.63, 3.8) is 0 Å². The summed E-state index contributed by atoms with van der Waals surface area (Å²) in [5, 5.41) is 0. The van der Waals surface area contributed by atoms with E-state index in [9.17, 15) is 0 Å². The second-order valence-electron chi connectivity index (χ2n) is 4.70. The molecule has 0 aliphatic rings. The number of rotatable bonds is 3. The maximum Gasteiger partial charge on any atom is 0.0236 e. The smallest absolute Gasteiger partial charge is 0.0236 e. The highest BCUT2D eigenvalue weighted by Gasteiger charge is 2.07. The molecule has 0 spiro atoms. The molecule has 0 amide bonds. The Balaban J connectivity index is 2.50. The number of nitrogens with zero attached hydrogens (tertiary/aromatic N) is 1. The molecule has 0 saturated carbocycles. The zero-order chi connectivity index (χ0) is 12.3. The summed E-state index contributed by atoms with van der Waals surface area (Å²) in [6, 6.07) is 17.1. The van der Waals surface area contributed by atoms with E-state index in [1.54, 1.807) is 0 Å². The Morgan fingerprint density at radius 3 is 2.24 bits per heavy atom. The van der Waals surface area contributed by atoms with Crippen molar-refractivity contribution in [3.8, 4) is 11.1 Å². The molecule has 88 valence electrons. The monoisotopic (exact) mass is 225 g/mol. The molecule has 0 heterocycles. The first-order valence-electron chi connectivity index (χ1n) is 5.97. The summed E-state index contributed by atoms with van der Waals surface area (Å²) in [6.07, 6.45) is 0. The molecular formula is C16H19N. The highest BCUT2D eigenvalue weighted by molar-refractivity contribution is 5.68. The lowest BCUT2D eigenvalue weighted by Crippen LogP contribution is -2.12. The zero-order valence-corrected chi connectivity index (χ0v) is 10.8. The topological polar surface area (TPSA) is 3.24 Å². The van der Waals surface area contributed by atoms with Crippen molar-refractivity contribution in [3.05, 3.63) is 59.7 Å². The predicted octanol–water partition coefficient (Wildman–Crippen LogP) is 3.72. The van der Waals surface area contributed by atoms with Gasteiger partial charge < -0.3 is 4.90 Å². The van der Waals surface area contributed by atoms with Crippen LogP contribution in [0.15, 0.2) is 48.5 Å². The maximum absolute atomic E-state index is 2.22. The van der Waals surface area contributed by atoms with Gasteiger partial charge in [0, 0.05) is 6.54 Å². The summed E-state index contributed by atoms with van der Waals surface area (Å²) in [6.45, 7) is 3.17. The van der Waals surface area contributed by atoms with E-state index in [2.05, 4.69) is 74.4 Å². The minimum Gasteiger partial charge on any atom is -0.305 e. The molecule has 0 aromatic heterocycles. The highest BCUT2D eigenvalue weighted by Crippen LogP contribution is 2.26. The minimum absolute atomic E-state index is 0.983. The molecular weight excluding hydrogens is 206 g/mol. The van der Waals surface area contributed by atoms with Crippen molar-refractivity contribution in [1.82, 2.24) is 4.90 Å². The number of benzene rings is 2. The Morgan fingerprint density at radius 2 is 1.59 bits per heavy atom. The van der Waals surface area contributed by atoms with Crippen molar-refractivity contribution in [2.45, 2.75) is 13.5 Å². The summed E-state index contributed by atoms with van der Waals surface area (Å²) in [5.74, 6) is 0. The van der Waals surface area contributed by atoms with Crippen molar-refractivity contribution in [1.29, 1.82) is 0 Å². The molecule has 0 unspecified atom stereocenters. The number of aryl methyl sites for hydroxylation is 1. The van der Waals surface area contributed by atoms with E-state index in [1.165, 1.54) is 22.3 Å². The summed E-state index contributed by atoms with van der Waals surface area (Å²) in [5.41, 5.74) is 5.43. The first-order valence-corrected chi connectivity index (χ1v) is 5.97. The van der Waals surface area contributed by atoms with Crippen LogP contribution < -0.4 is 0 Å². The van der Waals surface area contributed by atoms with Gasteiger partial charge >= 0.3 is 0 Å². The molecule has 0 N–H and O–H groups in total. The van der Waals surface area contributed by atoms with Crippen LogP contribution in [0.5, 0.6) is 0 Å². The molecule has 1 heteroatoms. The lowest BCUT2D eigenvalue weighted by Gasteiger charge is -2.17. The van der Waals surface area contributed by atoms with Crippen LogP contribution in [0.1, 0.15) is 11.1 Å². The Labute approximate surface area is 104 Å². The largest absolute Gasteiger partial charge is 0.305 e. The van der Waals surface area contributed by atoms with Gasteiger partial charge in [-0.05, 0) is 43.3 Å². The van der Waals surface area contributed by atoms with Crippen molar-refractivity contribution in [2.75, 3.05) is 14.1 Å². The molecule has 0 bridgehead atoms.